The predicted octanol–water partition coefficient (Wildman–Crippen LogP) is 4.21. The quantitative estimate of drug-likeness (QED) is 0.728. The Balaban J connectivity index is 1.69. The maximum atomic E-state index is 12.2. The van der Waals surface area contributed by atoms with Gasteiger partial charge in [-0.2, -0.15) is 0 Å². The largest absolute Gasteiger partial charge is 0.393 e. The summed E-state index contributed by atoms with van der Waals surface area (Å²) in [5.74, 6) is 2.98. The lowest BCUT2D eigenvalue weighted by molar-refractivity contribution is -0.169. The first-order chi connectivity index (χ1) is 10.3. The highest BCUT2D eigenvalue weighted by Crippen LogP contribution is 2.66. The summed E-state index contributed by atoms with van der Waals surface area (Å²) in [7, 11) is 0. The SMILES string of the molecule is C[C@@H]1C[C@@]2(C)C(CC1=O)C[C@H](O)[C@H]1[C@@H]3CCC[C@@]3(C)CC[C@@H]12. The van der Waals surface area contributed by atoms with Gasteiger partial charge in [-0.05, 0) is 73.0 Å². The van der Waals surface area contributed by atoms with Gasteiger partial charge in [0.1, 0.15) is 5.78 Å². The Morgan fingerprint density at radius 2 is 1.91 bits per heavy atom. The van der Waals surface area contributed by atoms with E-state index in [1.54, 1.807) is 0 Å². The van der Waals surface area contributed by atoms with Crippen molar-refractivity contribution in [3.63, 3.8) is 0 Å². The molecule has 0 aromatic heterocycles. The zero-order chi connectivity index (χ0) is 15.7. The number of hydrogen-bond donors (Lipinski definition) is 1. The molecule has 0 amide bonds. The molecule has 1 N–H and O–H groups in total. The number of rotatable bonds is 0. The van der Waals surface area contributed by atoms with Crippen LogP contribution in [0.15, 0.2) is 0 Å². The van der Waals surface area contributed by atoms with E-state index in [2.05, 4.69) is 20.8 Å². The standard InChI is InChI=1S/C20H32O2/c1-12-11-20(3)13(9-16(12)21)10-17(22)18-14-5-4-7-19(14,2)8-6-15(18)20/h12-15,17-18,22H,4-11H2,1-3H3/t12-,13?,14+,15+,17+,18+,19+,20+/m1/s1. The van der Waals surface area contributed by atoms with Gasteiger partial charge in [-0.1, -0.05) is 27.2 Å². The van der Waals surface area contributed by atoms with Gasteiger partial charge in [0.05, 0.1) is 6.10 Å². The van der Waals surface area contributed by atoms with Gasteiger partial charge in [0.25, 0.3) is 0 Å². The Morgan fingerprint density at radius 3 is 2.68 bits per heavy atom. The summed E-state index contributed by atoms with van der Waals surface area (Å²) in [6, 6.07) is 0. The van der Waals surface area contributed by atoms with Crippen LogP contribution in [0.1, 0.15) is 72.1 Å². The van der Waals surface area contributed by atoms with Crippen molar-refractivity contribution in [2.45, 2.75) is 78.2 Å². The van der Waals surface area contributed by atoms with E-state index in [-0.39, 0.29) is 12.0 Å². The molecule has 124 valence electrons. The number of hydrogen-bond acceptors (Lipinski definition) is 2. The van der Waals surface area contributed by atoms with Gasteiger partial charge >= 0.3 is 0 Å². The smallest absolute Gasteiger partial charge is 0.136 e. The first-order valence-electron chi connectivity index (χ1n) is 9.56. The summed E-state index contributed by atoms with van der Waals surface area (Å²) in [5.41, 5.74) is 0.780. The monoisotopic (exact) mass is 304 g/mol. The molecule has 0 spiro atoms. The Hall–Kier alpha value is -0.370. The minimum absolute atomic E-state index is 0.160. The third kappa shape index (κ3) is 1.92. The highest BCUT2D eigenvalue weighted by atomic mass is 16.3. The van der Waals surface area contributed by atoms with Gasteiger partial charge in [-0.25, -0.2) is 0 Å². The van der Waals surface area contributed by atoms with E-state index in [1.807, 2.05) is 0 Å². The first kappa shape index (κ1) is 15.2. The van der Waals surface area contributed by atoms with Crippen LogP contribution < -0.4 is 0 Å². The molecule has 0 aromatic carbocycles. The van der Waals surface area contributed by atoms with E-state index in [9.17, 15) is 9.90 Å². The van der Waals surface area contributed by atoms with Crippen molar-refractivity contribution >= 4 is 5.78 Å². The lowest BCUT2D eigenvalue weighted by atomic mass is 9.44. The lowest BCUT2D eigenvalue weighted by Gasteiger charge is -2.61. The van der Waals surface area contributed by atoms with Crippen LogP contribution in [0.3, 0.4) is 0 Å². The van der Waals surface area contributed by atoms with Crippen molar-refractivity contribution in [1.29, 1.82) is 0 Å². The van der Waals surface area contributed by atoms with Crippen LogP contribution in [-0.4, -0.2) is 17.0 Å². The van der Waals surface area contributed by atoms with Crippen LogP contribution in [0.2, 0.25) is 0 Å². The van der Waals surface area contributed by atoms with Gasteiger partial charge in [-0.3, -0.25) is 4.79 Å². The van der Waals surface area contributed by atoms with Crippen LogP contribution in [0.25, 0.3) is 0 Å². The molecule has 0 saturated heterocycles. The molecule has 0 bridgehead atoms. The second-order valence-electron chi connectivity index (χ2n) is 9.66. The minimum Gasteiger partial charge on any atom is -0.393 e. The molecule has 2 heteroatoms. The summed E-state index contributed by atoms with van der Waals surface area (Å²) in [4.78, 5) is 12.2. The average molecular weight is 304 g/mol. The average Bonchev–Trinajstić information content (AvgIpc) is 2.84. The molecule has 22 heavy (non-hydrogen) atoms. The molecule has 2 nitrogen and oxygen atoms in total. The van der Waals surface area contributed by atoms with Gasteiger partial charge in [0.15, 0.2) is 0 Å². The van der Waals surface area contributed by atoms with Crippen molar-refractivity contribution in [3.05, 3.63) is 0 Å². The first-order valence-corrected chi connectivity index (χ1v) is 9.56. The number of Topliss-reactive ketones (excluding diaryl/α,β-unsaturated/α-hetero) is 1. The fourth-order valence-corrected chi connectivity index (χ4v) is 7.36. The Bertz CT molecular complexity index is 486. The van der Waals surface area contributed by atoms with Crippen LogP contribution in [0.4, 0.5) is 0 Å². The number of carbonyl (C=O) groups excluding carboxylic acids is 1. The normalized spacial score (nSPS) is 57.9. The summed E-state index contributed by atoms with van der Waals surface area (Å²) in [6.07, 6.45) is 9.17. The molecule has 0 aliphatic heterocycles. The molecule has 1 unspecified atom stereocenters. The predicted molar refractivity (Wildman–Crippen MR) is 87.3 cm³/mol. The molecular formula is C20H32O2. The number of ketones is 1. The molecule has 4 saturated carbocycles. The van der Waals surface area contributed by atoms with E-state index in [0.29, 0.717) is 34.4 Å². The number of aliphatic hydroxyl groups is 1. The van der Waals surface area contributed by atoms with Gasteiger partial charge < -0.3 is 5.11 Å². The van der Waals surface area contributed by atoms with E-state index >= 15 is 0 Å². The molecule has 4 fully saturated rings. The molecule has 0 aromatic rings. The molecule has 4 rings (SSSR count). The zero-order valence-corrected chi connectivity index (χ0v) is 14.5. The Labute approximate surface area is 135 Å². The van der Waals surface area contributed by atoms with Crippen molar-refractivity contribution in [3.8, 4) is 0 Å². The minimum atomic E-state index is -0.160. The third-order valence-corrected chi connectivity index (χ3v) is 8.61. The van der Waals surface area contributed by atoms with E-state index in [1.165, 1.54) is 32.1 Å². The van der Waals surface area contributed by atoms with Gasteiger partial charge in [0, 0.05) is 12.3 Å². The van der Waals surface area contributed by atoms with Gasteiger partial charge in [0.2, 0.25) is 0 Å². The summed E-state index contributed by atoms with van der Waals surface area (Å²) < 4.78 is 0. The summed E-state index contributed by atoms with van der Waals surface area (Å²) >= 11 is 0. The van der Waals surface area contributed by atoms with Gasteiger partial charge in [-0.15, -0.1) is 0 Å². The number of aliphatic hydroxyl groups excluding tert-OH is 1. The second kappa shape index (κ2) is 4.82. The van der Waals surface area contributed by atoms with Crippen molar-refractivity contribution in [2.75, 3.05) is 0 Å². The fourth-order valence-electron chi connectivity index (χ4n) is 7.36. The van der Waals surface area contributed by atoms with E-state index in [4.69, 9.17) is 0 Å². The van der Waals surface area contributed by atoms with E-state index in [0.717, 1.165) is 25.2 Å². The summed E-state index contributed by atoms with van der Waals surface area (Å²) in [6.45, 7) is 7.07. The zero-order valence-electron chi connectivity index (χ0n) is 14.5. The van der Waals surface area contributed by atoms with Crippen molar-refractivity contribution in [1.82, 2.24) is 0 Å². The topological polar surface area (TPSA) is 37.3 Å². The molecule has 0 heterocycles. The van der Waals surface area contributed by atoms with Crippen molar-refractivity contribution < 1.29 is 9.90 Å². The molecule has 8 atom stereocenters. The third-order valence-electron chi connectivity index (χ3n) is 8.61. The molecule has 4 aliphatic carbocycles. The lowest BCUT2D eigenvalue weighted by Crippen LogP contribution is -2.58. The van der Waals surface area contributed by atoms with Crippen LogP contribution >= 0.6 is 0 Å². The molecular weight excluding hydrogens is 272 g/mol. The van der Waals surface area contributed by atoms with Crippen LogP contribution in [0, 0.1) is 40.4 Å². The van der Waals surface area contributed by atoms with Crippen LogP contribution in [0.5, 0.6) is 0 Å². The van der Waals surface area contributed by atoms with Crippen molar-refractivity contribution in [2.24, 2.45) is 40.4 Å². The van der Waals surface area contributed by atoms with Crippen LogP contribution in [-0.2, 0) is 4.79 Å². The highest BCUT2D eigenvalue weighted by Gasteiger charge is 2.61. The maximum absolute atomic E-state index is 12.2. The Kier molecular flexibility index (Phi) is 3.32. The fraction of sp³-hybridized carbons (Fsp3) is 0.950. The molecule has 4 aliphatic rings. The maximum Gasteiger partial charge on any atom is 0.136 e. The molecule has 0 radical (unpaired) electrons. The van der Waals surface area contributed by atoms with E-state index < -0.39 is 0 Å². The summed E-state index contributed by atoms with van der Waals surface area (Å²) in [5, 5.41) is 11.0. The highest BCUT2D eigenvalue weighted by molar-refractivity contribution is 5.82. The Morgan fingerprint density at radius 1 is 1.14 bits per heavy atom. The second-order valence-corrected chi connectivity index (χ2v) is 9.66. The number of carbonyl (C=O) groups is 1. The number of fused-ring (bicyclic) bond motifs is 5.